The number of amides is 1. The van der Waals surface area contributed by atoms with Crippen LogP contribution < -0.4 is 15.5 Å². The highest BCUT2D eigenvalue weighted by atomic mass is 35.5. The number of piperidine rings is 1. The van der Waals surface area contributed by atoms with E-state index in [2.05, 4.69) is 15.5 Å². The van der Waals surface area contributed by atoms with Gasteiger partial charge in [0.05, 0.1) is 5.02 Å². The fraction of sp³-hybridized carbons (Fsp3) is 0.321. The van der Waals surface area contributed by atoms with Crippen LogP contribution in [0.15, 0.2) is 48.5 Å². The molecule has 208 valence electrons. The van der Waals surface area contributed by atoms with E-state index in [0.717, 1.165) is 11.3 Å². The van der Waals surface area contributed by atoms with Crippen molar-refractivity contribution in [3.8, 4) is 17.1 Å². The largest absolute Gasteiger partial charge is 0.480 e. The number of imidazole rings is 1. The molecule has 1 aliphatic heterocycles. The first-order valence-corrected chi connectivity index (χ1v) is 13.8. The molecular formula is C28H29Cl2N7O3. The average Bonchev–Trinajstić information content (AvgIpc) is 3.31. The van der Waals surface area contributed by atoms with Crippen molar-refractivity contribution in [2.24, 2.45) is 0 Å². The molecule has 1 fully saturated rings. The molecule has 0 aliphatic carbocycles. The molecule has 3 N–H and O–H groups in total. The molecule has 3 heterocycles. The maximum absolute atomic E-state index is 13.0. The first-order chi connectivity index (χ1) is 19.2. The number of rotatable bonds is 8. The number of anilines is 1. The van der Waals surface area contributed by atoms with Crippen molar-refractivity contribution in [3.63, 3.8) is 0 Å². The Balaban J connectivity index is 1.58. The number of hydrogen-bond acceptors (Lipinski definition) is 7. The minimum Gasteiger partial charge on any atom is -0.480 e. The lowest BCUT2D eigenvalue weighted by Crippen LogP contribution is -2.62. The third kappa shape index (κ3) is 5.34. The van der Waals surface area contributed by atoms with Crippen molar-refractivity contribution in [3.05, 3.63) is 64.4 Å². The van der Waals surface area contributed by atoms with Gasteiger partial charge in [-0.2, -0.15) is 0 Å². The Hall–Kier alpha value is -3.73. The van der Waals surface area contributed by atoms with Gasteiger partial charge in [-0.3, -0.25) is 14.2 Å². The van der Waals surface area contributed by atoms with Crippen molar-refractivity contribution in [2.45, 2.75) is 32.2 Å². The van der Waals surface area contributed by atoms with Crippen LogP contribution >= 0.6 is 23.2 Å². The number of nitrogens with one attached hydrogen (secondary N) is 2. The van der Waals surface area contributed by atoms with Crippen LogP contribution in [-0.4, -0.2) is 68.2 Å². The monoisotopic (exact) mass is 581 g/mol. The first kappa shape index (κ1) is 27.8. The Bertz CT molecular complexity index is 1560. The summed E-state index contributed by atoms with van der Waals surface area (Å²) in [7, 11) is 0. The molecule has 0 atom stereocenters. The molecule has 1 saturated heterocycles. The number of benzene rings is 2. The summed E-state index contributed by atoms with van der Waals surface area (Å²) in [5, 5.41) is 16.0. The van der Waals surface area contributed by atoms with Gasteiger partial charge < -0.3 is 20.6 Å². The first-order valence-electron chi connectivity index (χ1n) is 13.0. The summed E-state index contributed by atoms with van der Waals surface area (Å²) in [4.78, 5) is 40.8. The number of carboxylic acids is 1. The van der Waals surface area contributed by atoms with E-state index in [1.54, 1.807) is 0 Å². The lowest BCUT2D eigenvalue weighted by atomic mass is 9.86. The van der Waals surface area contributed by atoms with Gasteiger partial charge in [-0.15, -0.1) is 0 Å². The van der Waals surface area contributed by atoms with Gasteiger partial charge >= 0.3 is 5.97 Å². The molecule has 4 aromatic rings. The maximum atomic E-state index is 13.0. The number of carboxylic acid groups (broad SMARTS) is 1. The Morgan fingerprint density at radius 2 is 1.73 bits per heavy atom. The van der Waals surface area contributed by atoms with Gasteiger partial charge in [-0.25, -0.2) is 15.0 Å². The molecule has 0 unspecified atom stereocenters. The van der Waals surface area contributed by atoms with Crippen LogP contribution in [0.1, 0.15) is 25.6 Å². The molecule has 0 saturated carbocycles. The fourth-order valence-electron chi connectivity index (χ4n) is 5.18. The molecule has 5 rings (SSSR count). The molecule has 40 heavy (non-hydrogen) atoms. The summed E-state index contributed by atoms with van der Waals surface area (Å²) in [5.41, 5.74) is 1.95. The Kier molecular flexibility index (Phi) is 7.93. The lowest BCUT2D eigenvalue weighted by molar-refractivity contribution is -0.139. The second-order valence-corrected chi connectivity index (χ2v) is 10.5. The second kappa shape index (κ2) is 11.4. The van der Waals surface area contributed by atoms with Gasteiger partial charge in [0.15, 0.2) is 17.0 Å². The number of aryl methyl sites for hydroxylation is 1. The quantitative estimate of drug-likeness (QED) is 0.282. The van der Waals surface area contributed by atoms with E-state index < -0.39 is 18.1 Å². The van der Waals surface area contributed by atoms with E-state index in [-0.39, 0.29) is 5.91 Å². The molecule has 2 aromatic carbocycles. The van der Waals surface area contributed by atoms with E-state index >= 15 is 0 Å². The van der Waals surface area contributed by atoms with Crippen molar-refractivity contribution < 1.29 is 14.7 Å². The fourth-order valence-corrected chi connectivity index (χ4v) is 5.52. The molecule has 2 aromatic heterocycles. The highest BCUT2D eigenvalue weighted by molar-refractivity contribution is 6.33. The zero-order valence-corrected chi connectivity index (χ0v) is 23.6. The minimum atomic E-state index is -1.08. The highest BCUT2D eigenvalue weighted by Crippen LogP contribution is 2.36. The second-order valence-electron chi connectivity index (χ2n) is 9.67. The zero-order chi connectivity index (χ0) is 28.4. The van der Waals surface area contributed by atoms with Crippen LogP contribution in [0.5, 0.6) is 0 Å². The Morgan fingerprint density at radius 1 is 1.02 bits per heavy atom. The molecule has 12 heteroatoms. The van der Waals surface area contributed by atoms with Gasteiger partial charge in [0.25, 0.3) is 0 Å². The van der Waals surface area contributed by atoms with Crippen LogP contribution in [-0.2, 0) is 9.59 Å². The Labute approximate surface area is 241 Å². The molecular weight excluding hydrogens is 553 g/mol. The number of likely N-dealkylation sites (N-methyl/N-ethyl adjacent to an activating group) is 1. The zero-order valence-electron chi connectivity index (χ0n) is 22.1. The van der Waals surface area contributed by atoms with E-state index in [0.29, 0.717) is 71.2 Å². The van der Waals surface area contributed by atoms with Crippen LogP contribution in [0.2, 0.25) is 10.0 Å². The number of carbonyl (C=O) groups is 2. The van der Waals surface area contributed by atoms with Crippen LogP contribution in [0.25, 0.3) is 28.2 Å². The van der Waals surface area contributed by atoms with Crippen molar-refractivity contribution in [1.82, 2.24) is 30.2 Å². The molecule has 1 aliphatic rings. The van der Waals surface area contributed by atoms with E-state index in [1.165, 1.54) is 0 Å². The van der Waals surface area contributed by atoms with Crippen molar-refractivity contribution in [2.75, 3.05) is 31.1 Å². The number of halogens is 2. The number of fused-ring (bicyclic) bond motifs is 1. The standard InChI is InChI=1S/C28H29Cl2N7O3/c1-3-32-28(27(40)31-16-22(38)39)12-14-36(15-13-28)25-23-26(34-17(2)33-25)37(19-10-8-18(29)9-11-19)24(35-23)20-6-4-5-7-21(20)30/h4-11,32H,3,12-16H2,1-2H3,(H,31,40)(H,38,39). The van der Waals surface area contributed by atoms with Gasteiger partial charge in [0, 0.05) is 29.4 Å². The van der Waals surface area contributed by atoms with Crippen LogP contribution in [0.3, 0.4) is 0 Å². The lowest BCUT2D eigenvalue weighted by Gasteiger charge is -2.41. The van der Waals surface area contributed by atoms with Gasteiger partial charge in [0.1, 0.15) is 23.7 Å². The summed E-state index contributed by atoms with van der Waals surface area (Å²) in [6.07, 6.45) is 0.929. The summed E-state index contributed by atoms with van der Waals surface area (Å²) in [6, 6.07) is 14.9. The van der Waals surface area contributed by atoms with Gasteiger partial charge in [0.2, 0.25) is 5.91 Å². The topological polar surface area (TPSA) is 125 Å². The summed E-state index contributed by atoms with van der Waals surface area (Å²) in [5.74, 6) is 0.469. The van der Waals surface area contributed by atoms with E-state index in [1.807, 2.05) is 66.9 Å². The van der Waals surface area contributed by atoms with E-state index in [9.17, 15) is 9.59 Å². The number of hydrogen-bond donors (Lipinski definition) is 3. The highest BCUT2D eigenvalue weighted by Gasteiger charge is 2.41. The number of aliphatic carboxylic acids is 1. The minimum absolute atomic E-state index is 0.312. The molecule has 0 radical (unpaired) electrons. The van der Waals surface area contributed by atoms with Crippen molar-refractivity contribution in [1.29, 1.82) is 0 Å². The summed E-state index contributed by atoms with van der Waals surface area (Å²) < 4.78 is 1.96. The number of carbonyl (C=O) groups excluding carboxylic acids is 1. The third-order valence-corrected chi connectivity index (χ3v) is 7.65. The number of aromatic nitrogens is 4. The smallest absolute Gasteiger partial charge is 0.322 e. The molecule has 0 bridgehead atoms. The van der Waals surface area contributed by atoms with Gasteiger partial charge in [-0.05, 0) is 62.7 Å². The third-order valence-electron chi connectivity index (χ3n) is 7.07. The predicted octanol–water partition coefficient (Wildman–Crippen LogP) is 4.25. The molecule has 0 spiro atoms. The molecule has 10 nitrogen and oxygen atoms in total. The normalized spacial score (nSPS) is 14.8. The van der Waals surface area contributed by atoms with Crippen molar-refractivity contribution >= 4 is 52.1 Å². The maximum Gasteiger partial charge on any atom is 0.322 e. The van der Waals surface area contributed by atoms with Gasteiger partial charge in [-0.1, -0.05) is 42.3 Å². The predicted molar refractivity (Wildman–Crippen MR) is 155 cm³/mol. The SMILES string of the molecule is CCNC1(C(=O)NCC(=O)O)CCN(c2nc(C)nc3c2nc(-c2ccccc2Cl)n3-c2ccc(Cl)cc2)CC1. The van der Waals surface area contributed by atoms with E-state index in [4.69, 9.17) is 43.3 Å². The van der Waals surface area contributed by atoms with Crippen LogP contribution in [0, 0.1) is 6.92 Å². The summed E-state index contributed by atoms with van der Waals surface area (Å²) in [6.45, 7) is 4.93. The average molecular weight is 582 g/mol. The molecule has 1 amide bonds. The number of nitrogens with zero attached hydrogens (tertiary/aromatic N) is 5. The Morgan fingerprint density at radius 3 is 2.38 bits per heavy atom. The summed E-state index contributed by atoms with van der Waals surface area (Å²) >= 11 is 12.8. The van der Waals surface area contributed by atoms with Crippen LogP contribution in [0.4, 0.5) is 5.82 Å².